The van der Waals surface area contributed by atoms with Crippen molar-refractivity contribution in [2.75, 3.05) is 0 Å². The lowest BCUT2D eigenvalue weighted by molar-refractivity contribution is 0.596. The van der Waals surface area contributed by atoms with Gasteiger partial charge in [0.2, 0.25) is 9.84 Å². The van der Waals surface area contributed by atoms with Crippen LogP contribution in [0.4, 0.5) is 0 Å². The Labute approximate surface area is 237 Å². The van der Waals surface area contributed by atoms with E-state index >= 15 is 0 Å². The van der Waals surface area contributed by atoms with Crippen LogP contribution in [0.25, 0.3) is 65.3 Å². The molecule has 0 aliphatic carbocycles. The van der Waals surface area contributed by atoms with Gasteiger partial charge in [0.1, 0.15) is 0 Å². The Kier molecular flexibility index (Phi) is 5.21. The summed E-state index contributed by atoms with van der Waals surface area (Å²) in [5.74, 6) is 0. The number of fused-ring (bicyclic) bond motifs is 10. The molecule has 7 aromatic carbocycles. The van der Waals surface area contributed by atoms with Gasteiger partial charge in [0, 0.05) is 27.1 Å². The van der Waals surface area contributed by atoms with Gasteiger partial charge in [-0.25, -0.2) is 13.4 Å². The fourth-order valence-electron chi connectivity index (χ4n) is 6.15. The Morgan fingerprint density at radius 1 is 0.415 bits per heavy atom. The number of rotatable bonds is 3. The summed E-state index contributed by atoms with van der Waals surface area (Å²) in [5, 5.41) is 10.3. The van der Waals surface area contributed by atoms with Crippen LogP contribution in [-0.4, -0.2) is 13.4 Å². The SMILES string of the molecule is O=S(=O)(c1ccccc1)c1ccc(-c2nc3c4ccccc4c4ccccc4c3c3c2ccc2ccccc23)cc1. The highest BCUT2D eigenvalue weighted by molar-refractivity contribution is 7.91. The molecule has 0 fully saturated rings. The van der Waals surface area contributed by atoms with Crippen molar-refractivity contribution in [1.29, 1.82) is 0 Å². The largest absolute Gasteiger partial charge is 0.246 e. The van der Waals surface area contributed by atoms with Crippen molar-refractivity contribution < 1.29 is 8.42 Å². The molecule has 0 unspecified atom stereocenters. The summed E-state index contributed by atoms with van der Waals surface area (Å²) in [6.07, 6.45) is 0. The molecule has 0 spiro atoms. The topological polar surface area (TPSA) is 47.0 Å². The maximum Gasteiger partial charge on any atom is 0.206 e. The minimum atomic E-state index is -3.62. The Morgan fingerprint density at radius 3 is 1.71 bits per heavy atom. The molecule has 0 saturated carbocycles. The molecule has 0 aliphatic rings. The van der Waals surface area contributed by atoms with E-state index in [-0.39, 0.29) is 9.79 Å². The lowest BCUT2D eigenvalue weighted by Gasteiger charge is -2.17. The number of sulfone groups is 1. The standard InChI is InChI=1S/C37H23NO2S/c39-41(40,26-11-2-1-3-12-26)27-21-18-25(19-22-27)36-33-23-20-24-10-4-5-13-28(24)34(33)35-31-16-8-6-14-29(31)30-15-7-9-17-32(30)37(35)38-36/h1-23H. The summed E-state index contributed by atoms with van der Waals surface area (Å²) in [4.78, 5) is 5.91. The molecule has 3 nitrogen and oxygen atoms in total. The van der Waals surface area contributed by atoms with Gasteiger partial charge < -0.3 is 0 Å². The molecule has 0 amide bonds. The molecule has 8 aromatic rings. The molecule has 194 valence electrons. The molecule has 0 N–H and O–H groups in total. The molecule has 4 heteroatoms. The molecule has 0 bridgehead atoms. The van der Waals surface area contributed by atoms with E-state index in [1.807, 2.05) is 18.2 Å². The first kappa shape index (κ1) is 23.8. The van der Waals surface area contributed by atoms with Crippen molar-refractivity contribution in [3.05, 3.63) is 140 Å². The number of hydrogen-bond acceptors (Lipinski definition) is 3. The predicted octanol–water partition coefficient (Wildman–Crippen LogP) is 9.35. The van der Waals surface area contributed by atoms with Crippen LogP contribution in [0.15, 0.2) is 149 Å². The first-order valence-electron chi connectivity index (χ1n) is 13.6. The van der Waals surface area contributed by atoms with Crippen LogP contribution in [0.2, 0.25) is 0 Å². The highest BCUT2D eigenvalue weighted by Gasteiger charge is 2.20. The Balaban J connectivity index is 1.49. The average molecular weight is 546 g/mol. The third kappa shape index (κ3) is 3.58. The molecule has 0 radical (unpaired) electrons. The summed E-state index contributed by atoms with van der Waals surface area (Å²) in [6, 6.07) is 45.5. The van der Waals surface area contributed by atoms with Crippen LogP contribution in [0.5, 0.6) is 0 Å². The van der Waals surface area contributed by atoms with Crippen molar-refractivity contribution >= 4 is 63.8 Å². The zero-order valence-corrected chi connectivity index (χ0v) is 22.8. The van der Waals surface area contributed by atoms with Crippen molar-refractivity contribution in [3.8, 4) is 11.3 Å². The maximum atomic E-state index is 13.3. The molecule has 0 atom stereocenters. The van der Waals surface area contributed by atoms with Gasteiger partial charge in [-0.2, -0.15) is 0 Å². The molecule has 0 aliphatic heterocycles. The Hall–Kier alpha value is -5.06. The van der Waals surface area contributed by atoms with Gasteiger partial charge >= 0.3 is 0 Å². The normalized spacial score (nSPS) is 12.1. The summed E-state index contributed by atoms with van der Waals surface area (Å²) in [6.45, 7) is 0. The smallest absolute Gasteiger partial charge is 0.206 e. The van der Waals surface area contributed by atoms with Crippen LogP contribution in [0.3, 0.4) is 0 Å². The first-order valence-corrected chi connectivity index (χ1v) is 15.0. The number of benzene rings is 7. The number of hydrogen-bond donors (Lipinski definition) is 0. The van der Waals surface area contributed by atoms with Crippen LogP contribution < -0.4 is 0 Å². The highest BCUT2D eigenvalue weighted by Crippen LogP contribution is 2.43. The lowest BCUT2D eigenvalue weighted by Crippen LogP contribution is -2.01. The quantitative estimate of drug-likeness (QED) is 0.208. The molecule has 41 heavy (non-hydrogen) atoms. The monoisotopic (exact) mass is 545 g/mol. The zero-order valence-electron chi connectivity index (χ0n) is 22.0. The van der Waals surface area contributed by atoms with E-state index in [2.05, 4.69) is 84.9 Å². The summed E-state index contributed by atoms with van der Waals surface area (Å²) < 4.78 is 26.5. The van der Waals surface area contributed by atoms with Gasteiger partial charge in [-0.1, -0.05) is 115 Å². The second-order valence-corrected chi connectivity index (χ2v) is 12.3. The summed E-state index contributed by atoms with van der Waals surface area (Å²) >= 11 is 0. The molecule has 0 saturated heterocycles. The van der Waals surface area contributed by atoms with E-state index in [0.717, 1.165) is 43.7 Å². The van der Waals surface area contributed by atoms with E-state index < -0.39 is 9.84 Å². The van der Waals surface area contributed by atoms with Gasteiger partial charge in [-0.15, -0.1) is 0 Å². The van der Waals surface area contributed by atoms with Crippen molar-refractivity contribution in [1.82, 2.24) is 4.98 Å². The van der Waals surface area contributed by atoms with Crippen molar-refractivity contribution in [3.63, 3.8) is 0 Å². The molecular weight excluding hydrogens is 522 g/mol. The highest BCUT2D eigenvalue weighted by atomic mass is 32.2. The minimum Gasteiger partial charge on any atom is -0.246 e. The van der Waals surface area contributed by atoms with Crippen molar-refractivity contribution in [2.45, 2.75) is 9.79 Å². The van der Waals surface area contributed by atoms with E-state index in [1.54, 1.807) is 36.4 Å². The van der Waals surface area contributed by atoms with Gasteiger partial charge in [-0.3, -0.25) is 0 Å². The third-order valence-electron chi connectivity index (χ3n) is 8.05. The maximum absolute atomic E-state index is 13.3. The van der Waals surface area contributed by atoms with E-state index in [0.29, 0.717) is 0 Å². The number of nitrogens with zero attached hydrogens (tertiary/aromatic N) is 1. The van der Waals surface area contributed by atoms with Gasteiger partial charge in [-0.05, 0) is 51.2 Å². The molecule has 8 rings (SSSR count). The summed E-state index contributed by atoms with van der Waals surface area (Å²) in [5.41, 5.74) is 2.65. The van der Waals surface area contributed by atoms with E-state index in [1.165, 1.54) is 21.5 Å². The minimum absolute atomic E-state index is 0.263. The van der Waals surface area contributed by atoms with Gasteiger partial charge in [0.25, 0.3) is 0 Å². The number of aromatic nitrogens is 1. The van der Waals surface area contributed by atoms with Gasteiger partial charge in [0.15, 0.2) is 0 Å². The lowest BCUT2D eigenvalue weighted by atomic mass is 9.90. The fraction of sp³-hybridized carbons (Fsp3) is 0. The third-order valence-corrected chi connectivity index (χ3v) is 9.84. The number of pyridine rings is 1. The van der Waals surface area contributed by atoms with Crippen LogP contribution >= 0.6 is 0 Å². The van der Waals surface area contributed by atoms with Crippen molar-refractivity contribution in [2.24, 2.45) is 0 Å². The van der Waals surface area contributed by atoms with Crippen LogP contribution in [0.1, 0.15) is 0 Å². The van der Waals surface area contributed by atoms with E-state index in [9.17, 15) is 8.42 Å². The second kappa shape index (κ2) is 8.98. The summed E-state index contributed by atoms with van der Waals surface area (Å²) in [7, 11) is -3.62. The predicted molar refractivity (Wildman–Crippen MR) is 169 cm³/mol. The average Bonchev–Trinajstić information content (AvgIpc) is 3.04. The molecule has 1 aromatic heterocycles. The van der Waals surface area contributed by atoms with Crippen LogP contribution in [0, 0.1) is 0 Å². The zero-order chi connectivity index (χ0) is 27.6. The second-order valence-electron chi connectivity index (χ2n) is 10.3. The fourth-order valence-corrected chi connectivity index (χ4v) is 7.43. The van der Waals surface area contributed by atoms with E-state index in [4.69, 9.17) is 4.98 Å². The molecule has 1 heterocycles. The first-order chi connectivity index (χ1) is 20.1. The Morgan fingerprint density at radius 2 is 0.976 bits per heavy atom. The Bertz CT molecular complexity index is 2410. The molecular formula is C37H23NO2S. The van der Waals surface area contributed by atoms with Gasteiger partial charge in [0.05, 0.1) is 21.0 Å². The van der Waals surface area contributed by atoms with Crippen LogP contribution in [-0.2, 0) is 9.84 Å².